The lowest BCUT2D eigenvalue weighted by Gasteiger charge is -2.14. The van der Waals surface area contributed by atoms with Gasteiger partial charge in [0.25, 0.3) is 5.91 Å². The van der Waals surface area contributed by atoms with Gasteiger partial charge in [-0.3, -0.25) is 14.6 Å². The predicted octanol–water partition coefficient (Wildman–Crippen LogP) is 2.75. The van der Waals surface area contributed by atoms with Crippen molar-refractivity contribution in [1.29, 1.82) is 0 Å². The number of aromatic nitrogens is 1. The van der Waals surface area contributed by atoms with Crippen molar-refractivity contribution in [3.63, 3.8) is 0 Å². The molecule has 3 rings (SSSR count). The quantitative estimate of drug-likeness (QED) is 0.587. The van der Waals surface area contributed by atoms with Crippen LogP contribution >= 0.6 is 11.3 Å². The van der Waals surface area contributed by atoms with Gasteiger partial charge in [0.05, 0.1) is 6.42 Å². The summed E-state index contributed by atoms with van der Waals surface area (Å²) in [6, 6.07) is 14.0. The lowest BCUT2D eigenvalue weighted by Crippen LogP contribution is -2.32. The average Bonchev–Trinajstić information content (AvgIpc) is 3.20. The number of pyridine rings is 1. The van der Waals surface area contributed by atoms with E-state index in [1.165, 1.54) is 0 Å². The Hall–Kier alpha value is -3.03. The van der Waals surface area contributed by atoms with Crippen molar-refractivity contribution in [2.75, 3.05) is 11.9 Å². The van der Waals surface area contributed by atoms with Crippen molar-refractivity contribution in [3.8, 4) is 0 Å². The summed E-state index contributed by atoms with van der Waals surface area (Å²) in [5.74, 6) is -0.258. The Kier molecular flexibility index (Phi) is 6.30. The first-order valence-corrected chi connectivity index (χ1v) is 9.36. The number of anilines is 1. The summed E-state index contributed by atoms with van der Waals surface area (Å²) < 4.78 is 0. The van der Waals surface area contributed by atoms with Gasteiger partial charge >= 0.3 is 0 Å². The highest BCUT2D eigenvalue weighted by Gasteiger charge is 2.11. The number of thiophene rings is 1. The van der Waals surface area contributed by atoms with Crippen molar-refractivity contribution in [2.24, 2.45) is 5.73 Å². The van der Waals surface area contributed by atoms with Crippen LogP contribution < -0.4 is 16.4 Å². The van der Waals surface area contributed by atoms with Crippen LogP contribution in [0.15, 0.2) is 66.3 Å². The minimum atomic E-state index is -0.338. The third-order valence-corrected chi connectivity index (χ3v) is 4.85. The molecule has 1 atom stereocenters. The highest BCUT2D eigenvalue weighted by Crippen LogP contribution is 2.14. The van der Waals surface area contributed by atoms with Gasteiger partial charge in [0.1, 0.15) is 0 Å². The van der Waals surface area contributed by atoms with Crippen LogP contribution in [0.25, 0.3) is 0 Å². The fraction of sp³-hybridized carbons (Fsp3) is 0.150. The summed E-state index contributed by atoms with van der Waals surface area (Å²) in [5, 5.41) is 7.59. The van der Waals surface area contributed by atoms with E-state index in [2.05, 4.69) is 15.6 Å². The van der Waals surface area contributed by atoms with Gasteiger partial charge in [0, 0.05) is 41.1 Å². The van der Waals surface area contributed by atoms with E-state index in [9.17, 15) is 9.59 Å². The Bertz CT molecular complexity index is 880. The number of nitrogens with two attached hydrogens (primary N) is 1. The molecule has 0 spiro atoms. The normalized spacial score (nSPS) is 11.6. The van der Waals surface area contributed by atoms with Crippen molar-refractivity contribution in [1.82, 2.24) is 10.3 Å². The van der Waals surface area contributed by atoms with Crippen molar-refractivity contribution < 1.29 is 9.59 Å². The van der Waals surface area contributed by atoms with Gasteiger partial charge in [0.2, 0.25) is 5.91 Å². The third kappa shape index (κ3) is 5.47. The predicted molar refractivity (Wildman–Crippen MR) is 107 cm³/mol. The van der Waals surface area contributed by atoms with E-state index in [1.54, 1.807) is 60.1 Å². The molecule has 6 nitrogen and oxygen atoms in total. The largest absolute Gasteiger partial charge is 0.354 e. The second-order valence-electron chi connectivity index (χ2n) is 5.98. The van der Waals surface area contributed by atoms with E-state index in [4.69, 9.17) is 5.73 Å². The van der Waals surface area contributed by atoms with Crippen molar-refractivity contribution in [3.05, 3.63) is 82.3 Å². The molecule has 0 bridgehead atoms. The molecule has 4 N–H and O–H groups in total. The number of hydrogen-bond acceptors (Lipinski definition) is 5. The molecule has 0 aliphatic heterocycles. The summed E-state index contributed by atoms with van der Waals surface area (Å²) in [6.45, 7) is 0.340. The van der Waals surface area contributed by atoms with Gasteiger partial charge in [-0.05, 0) is 41.3 Å². The Labute approximate surface area is 161 Å². The second kappa shape index (κ2) is 9.07. The molecule has 0 aliphatic rings. The summed E-state index contributed by atoms with van der Waals surface area (Å²) in [7, 11) is 0. The van der Waals surface area contributed by atoms with Gasteiger partial charge in [-0.25, -0.2) is 0 Å². The smallest absolute Gasteiger partial charge is 0.255 e. The molecule has 7 heteroatoms. The first kappa shape index (κ1) is 18.8. The molecule has 0 saturated carbocycles. The maximum absolute atomic E-state index is 12.2. The van der Waals surface area contributed by atoms with E-state index in [-0.39, 0.29) is 17.9 Å². The highest BCUT2D eigenvalue weighted by atomic mass is 32.1. The Morgan fingerprint density at radius 2 is 1.81 bits per heavy atom. The van der Waals surface area contributed by atoms with Crippen LogP contribution in [-0.4, -0.2) is 23.3 Å². The fourth-order valence-electron chi connectivity index (χ4n) is 2.50. The maximum Gasteiger partial charge on any atom is 0.255 e. The van der Waals surface area contributed by atoms with Gasteiger partial charge < -0.3 is 16.4 Å². The first-order valence-electron chi connectivity index (χ1n) is 8.48. The summed E-state index contributed by atoms with van der Waals surface area (Å²) in [4.78, 5) is 29.1. The van der Waals surface area contributed by atoms with E-state index in [1.807, 2.05) is 17.5 Å². The van der Waals surface area contributed by atoms with Crippen LogP contribution in [0, 0.1) is 0 Å². The monoisotopic (exact) mass is 380 g/mol. The number of carbonyl (C=O) groups excluding carboxylic acids is 2. The molecule has 1 aromatic carbocycles. The number of nitrogens with zero attached hydrogens (tertiary/aromatic N) is 1. The minimum absolute atomic E-state index is 0.0544. The molecule has 0 fully saturated rings. The summed E-state index contributed by atoms with van der Waals surface area (Å²) >= 11 is 1.55. The standard InChI is InChI=1S/C20H20N4O2S/c21-18(13-23-19(25)12-17-2-1-11-27-17)14-3-5-15(6-4-14)20(26)24-16-7-9-22-10-8-16/h1-11,18H,12-13,21H2,(H,23,25)(H,22,24,26). The Balaban J connectivity index is 1.51. The first-order chi connectivity index (χ1) is 13.1. The van der Waals surface area contributed by atoms with Crippen LogP contribution in [0.2, 0.25) is 0 Å². The zero-order valence-electron chi connectivity index (χ0n) is 14.6. The zero-order valence-corrected chi connectivity index (χ0v) is 15.4. The molecule has 0 aliphatic carbocycles. The number of carbonyl (C=O) groups is 2. The molecule has 0 saturated heterocycles. The number of rotatable bonds is 7. The molecule has 138 valence electrons. The zero-order chi connectivity index (χ0) is 19.1. The molecular formula is C20H20N4O2S. The van der Waals surface area contributed by atoms with E-state index in [0.29, 0.717) is 24.2 Å². The molecule has 2 aromatic heterocycles. The van der Waals surface area contributed by atoms with E-state index >= 15 is 0 Å². The van der Waals surface area contributed by atoms with Crippen LogP contribution in [0.5, 0.6) is 0 Å². The molecule has 0 radical (unpaired) electrons. The maximum atomic E-state index is 12.2. The highest BCUT2D eigenvalue weighted by molar-refractivity contribution is 7.10. The molecule has 1 unspecified atom stereocenters. The summed E-state index contributed by atoms with van der Waals surface area (Å²) in [5.41, 5.74) is 8.22. The Morgan fingerprint density at radius 1 is 1.07 bits per heavy atom. The van der Waals surface area contributed by atoms with Crippen LogP contribution in [0.1, 0.15) is 26.8 Å². The molecule has 2 heterocycles. The molecular weight excluding hydrogens is 360 g/mol. The SMILES string of the molecule is NC(CNC(=O)Cc1cccs1)c1ccc(C(=O)Nc2ccncc2)cc1. The molecule has 27 heavy (non-hydrogen) atoms. The van der Waals surface area contributed by atoms with E-state index < -0.39 is 0 Å². The van der Waals surface area contributed by atoms with E-state index in [0.717, 1.165) is 10.4 Å². The van der Waals surface area contributed by atoms with Gasteiger partial charge in [-0.15, -0.1) is 11.3 Å². The lowest BCUT2D eigenvalue weighted by molar-refractivity contribution is -0.120. The third-order valence-electron chi connectivity index (χ3n) is 3.97. The van der Waals surface area contributed by atoms with Crippen molar-refractivity contribution >= 4 is 28.8 Å². The van der Waals surface area contributed by atoms with Crippen molar-refractivity contribution in [2.45, 2.75) is 12.5 Å². The lowest BCUT2D eigenvalue weighted by atomic mass is 10.0. The van der Waals surface area contributed by atoms with Crippen LogP contribution in [0.4, 0.5) is 5.69 Å². The molecule has 3 aromatic rings. The Morgan fingerprint density at radius 3 is 2.48 bits per heavy atom. The number of nitrogens with one attached hydrogen (secondary N) is 2. The average molecular weight is 380 g/mol. The van der Waals surface area contributed by atoms with Crippen LogP contribution in [-0.2, 0) is 11.2 Å². The molecule has 2 amide bonds. The number of amides is 2. The van der Waals surface area contributed by atoms with Crippen LogP contribution in [0.3, 0.4) is 0 Å². The van der Waals surface area contributed by atoms with Gasteiger partial charge in [-0.1, -0.05) is 18.2 Å². The second-order valence-corrected chi connectivity index (χ2v) is 7.01. The minimum Gasteiger partial charge on any atom is -0.354 e. The fourth-order valence-corrected chi connectivity index (χ4v) is 3.20. The number of hydrogen-bond donors (Lipinski definition) is 3. The van der Waals surface area contributed by atoms with Gasteiger partial charge in [-0.2, -0.15) is 0 Å². The topological polar surface area (TPSA) is 97.1 Å². The summed E-state index contributed by atoms with van der Waals surface area (Å²) in [6.07, 6.45) is 3.59. The number of benzene rings is 1. The van der Waals surface area contributed by atoms with Gasteiger partial charge in [0.15, 0.2) is 0 Å².